The summed E-state index contributed by atoms with van der Waals surface area (Å²) in [5.74, 6) is 4.23. The van der Waals surface area contributed by atoms with Gasteiger partial charge < -0.3 is 0 Å². The summed E-state index contributed by atoms with van der Waals surface area (Å²) in [6.07, 6.45) is 10.7. The Morgan fingerprint density at radius 1 is 0.692 bits per heavy atom. The highest BCUT2D eigenvalue weighted by molar-refractivity contribution is 4.82. The fourth-order valence-electron chi connectivity index (χ4n) is 3.82. The Morgan fingerprint density at radius 2 is 1.23 bits per heavy atom. The maximum absolute atomic E-state index is 2.46. The van der Waals surface area contributed by atoms with Gasteiger partial charge in [-0.3, -0.25) is 0 Å². The van der Waals surface area contributed by atoms with Gasteiger partial charge in [0.2, 0.25) is 0 Å². The van der Waals surface area contributed by atoms with E-state index in [1.54, 1.807) is 12.8 Å². The van der Waals surface area contributed by atoms with Crippen molar-refractivity contribution in [2.75, 3.05) is 0 Å². The molecule has 0 aromatic carbocycles. The zero-order chi connectivity index (χ0) is 9.26. The van der Waals surface area contributed by atoms with Gasteiger partial charge in [-0.2, -0.15) is 0 Å². The molecule has 2 fully saturated rings. The Hall–Kier alpha value is 0. The van der Waals surface area contributed by atoms with Gasteiger partial charge in [0, 0.05) is 0 Å². The summed E-state index contributed by atoms with van der Waals surface area (Å²) in [7, 11) is 0. The quantitative estimate of drug-likeness (QED) is 0.566. The van der Waals surface area contributed by atoms with Crippen molar-refractivity contribution in [1.82, 2.24) is 0 Å². The summed E-state index contributed by atoms with van der Waals surface area (Å²) in [5, 5.41) is 0. The predicted octanol–water partition coefficient (Wildman–Crippen LogP) is 4.25. The average molecular weight is 180 g/mol. The molecule has 0 saturated heterocycles. The molecule has 0 N–H and O–H groups in total. The molecule has 0 nitrogen and oxygen atoms in total. The first-order chi connectivity index (χ1) is 6.25. The predicted molar refractivity (Wildman–Crippen MR) is 57.6 cm³/mol. The van der Waals surface area contributed by atoms with Gasteiger partial charge in [-0.15, -0.1) is 0 Å². The molecule has 0 aromatic heterocycles. The van der Waals surface area contributed by atoms with Crippen LogP contribution >= 0.6 is 0 Å². The van der Waals surface area contributed by atoms with Crippen LogP contribution in [0.5, 0.6) is 0 Å². The van der Waals surface area contributed by atoms with Crippen molar-refractivity contribution < 1.29 is 0 Å². The lowest BCUT2D eigenvalue weighted by Crippen LogP contribution is -2.24. The average Bonchev–Trinajstić information content (AvgIpc) is 2.53. The third-order valence-corrected chi connectivity index (χ3v) is 4.28. The Kier molecular flexibility index (Phi) is 2.96. The second-order valence-corrected chi connectivity index (χ2v) is 5.72. The zero-order valence-electron chi connectivity index (χ0n) is 9.26. The van der Waals surface area contributed by atoms with E-state index >= 15 is 0 Å². The highest BCUT2D eigenvalue weighted by atomic mass is 14.4. The molecule has 0 aromatic rings. The van der Waals surface area contributed by atoms with Crippen LogP contribution in [0.2, 0.25) is 0 Å². The lowest BCUT2D eigenvalue weighted by Gasteiger charge is -2.35. The molecule has 0 heterocycles. The smallest absolute Gasteiger partial charge is 0.0381 e. The van der Waals surface area contributed by atoms with Crippen LogP contribution in [0.4, 0.5) is 0 Å². The molecule has 0 spiro atoms. The molecule has 13 heavy (non-hydrogen) atoms. The van der Waals surface area contributed by atoms with Crippen LogP contribution in [-0.4, -0.2) is 0 Å². The van der Waals surface area contributed by atoms with Crippen molar-refractivity contribution in [2.45, 2.75) is 58.8 Å². The Bertz CT molecular complexity index is 145. The van der Waals surface area contributed by atoms with Crippen LogP contribution in [0.1, 0.15) is 58.8 Å². The SMILES string of the molecule is CC1CC(C2CCCC2)C[C@H](C)C1. The minimum atomic E-state index is 1.01. The van der Waals surface area contributed by atoms with Crippen molar-refractivity contribution in [3.63, 3.8) is 0 Å². The van der Waals surface area contributed by atoms with Gasteiger partial charge >= 0.3 is 0 Å². The normalized spacial score (nSPS) is 42.5. The second kappa shape index (κ2) is 4.02. The van der Waals surface area contributed by atoms with Crippen LogP contribution in [0.3, 0.4) is 0 Å². The van der Waals surface area contributed by atoms with Crippen molar-refractivity contribution >= 4 is 0 Å². The Labute approximate surface area is 83.1 Å². The number of hydrogen-bond donors (Lipinski definition) is 0. The van der Waals surface area contributed by atoms with E-state index in [-0.39, 0.29) is 0 Å². The van der Waals surface area contributed by atoms with Gasteiger partial charge in [0.05, 0.1) is 0 Å². The summed E-state index contributed by atoms with van der Waals surface area (Å²) in [4.78, 5) is 0. The van der Waals surface area contributed by atoms with Gasteiger partial charge in [0.1, 0.15) is 0 Å². The van der Waals surface area contributed by atoms with Crippen molar-refractivity contribution in [2.24, 2.45) is 23.7 Å². The first-order valence-corrected chi connectivity index (χ1v) is 6.25. The molecule has 0 heteroatoms. The third kappa shape index (κ3) is 2.27. The van der Waals surface area contributed by atoms with Gasteiger partial charge in [0.25, 0.3) is 0 Å². The van der Waals surface area contributed by atoms with E-state index in [9.17, 15) is 0 Å². The molecule has 0 aliphatic heterocycles. The highest BCUT2D eigenvalue weighted by Gasteiger charge is 2.31. The van der Waals surface area contributed by atoms with Crippen molar-refractivity contribution in [3.05, 3.63) is 0 Å². The Balaban J connectivity index is 1.90. The van der Waals surface area contributed by atoms with E-state index in [1.807, 2.05) is 0 Å². The molecule has 2 aliphatic rings. The van der Waals surface area contributed by atoms with E-state index in [0.29, 0.717) is 0 Å². The molecule has 0 radical (unpaired) electrons. The van der Waals surface area contributed by atoms with E-state index in [1.165, 1.54) is 32.1 Å². The standard InChI is InChI=1S/C13H24/c1-10-7-11(2)9-13(8-10)12-5-3-4-6-12/h10-13H,3-9H2,1-2H3/t10-,11?,13?/m1/s1. The maximum Gasteiger partial charge on any atom is -0.0381 e. The van der Waals surface area contributed by atoms with E-state index in [0.717, 1.165) is 23.7 Å². The first-order valence-electron chi connectivity index (χ1n) is 6.25. The molecular formula is C13H24. The van der Waals surface area contributed by atoms with Crippen LogP contribution in [0.25, 0.3) is 0 Å². The minimum Gasteiger partial charge on any atom is -0.0625 e. The van der Waals surface area contributed by atoms with E-state index in [2.05, 4.69) is 13.8 Å². The summed E-state index contributed by atoms with van der Waals surface area (Å²) < 4.78 is 0. The van der Waals surface area contributed by atoms with E-state index in [4.69, 9.17) is 0 Å². The van der Waals surface area contributed by atoms with Crippen LogP contribution in [-0.2, 0) is 0 Å². The molecule has 2 saturated carbocycles. The third-order valence-electron chi connectivity index (χ3n) is 4.28. The van der Waals surface area contributed by atoms with Crippen molar-refractivity contribution in [3.8, 4) is 0 Å². The Morgan fingerprint density at radius 3 is 1.77 bits per heavy atom. The maximum atomic E-state index is 2.46. The zero-order valence-corrected chi connectivity index (χ0v) is 9.26. The number of rotatable bonds is 1. The van der Waals surface area contributed by atoms with Crippen LogP contribution in [0, 0.1) is 23.7 Å². The monoisotopic (exact) mass is 180 g/mol. The molecule has 0 bridgehead atoms. The fourth-order valence-corrected chi connectivity index (χ4v) is 3.82. The van der Waals surface area contributed by atoms with Gasteiger partial charge in [-0.25, -0.2) is 0 Å². The summed E-state index contributed by atoms with van der Waals surface area (Å²) in [5.41, 5.74) is 0. The second-order valence-electron chi connectivity index (χ2n) is 5.72. The van der Waals surface area contributed by atoms with Crippen LogP contribution < -0.4 is 0 Å². The topological polar surface area (TPSA) is 0 Å². The van der Waals surface area contributed by atoms with E-state index < -0.39 is 0 Å². The lowest BCUT2D eigenvalue weighted by molar-refractivity contribution is 0.162. The molecule has 0 amide bonds. The van der Waals surface area contributed by atoms with Gasteiger partial charge in [-0.05, 0) is 42.9 Å². The lowest BCUT2D eigenvalue weighted by atomic mass is 9.71. The molecule has 2 rings (SSSR count). The largest absolute Gasteiger partial charge is 0.0625 e. The minimum absolute atomic E-state index is 1.01. The van der Waals surface area contributed by atoms with Crippen molar-refractivity contribution in [1.29, 1.82) is 0 Å². The highest BCUT2D eigenvalue weighted by Crippen LogP contribution is 2.42. The molecular weight excluding hydrogens is 156 g/mol. The van der Waals surface area contributed by atoms with Gasteiger partial charge in [-0.1, -0.05) is 39.5 Å². The first kappa shape index (κ1) is 9.55. The summed E-state index contributed by atoms with van der Waals surface area (Å²) in [6.45, 7) is 4.91. The van der Waals surface area contributed by atoms with Crippen LogP contribution in [0.15, 0.2) is 0 Å². The fraction of sp³-hybridized carbons (Fsp3) is 1.00. The van der Waals surface area contributed by atoms with Gasteiger partial charge in [0.15, 0.2) is 0 Å². The summed E-state index contributed by atoms with van der Waals surface area (Å²) >= 11 is 0. The summed E-state index contributed by atoms with van der Waals surface area (Å²) in [6, 6.07) is 0. The molecule has 3 atom stereocenters. The number of hydrogen-bond acceptors (Lipinski definition) is 0. The molecule has 2 unspecified atom stereocenters. The molecule has 76 valence electrons. The molecule has 2 aliphatic carbocycles.